The number of hydrogen-bond donors (Lipinski definition) is 3. The maximum Gasteiger partial charge on any atom is 0.308 e. The minimum absolute atomic E-state index is 0.0947. The van der Waals surface area contributed by atoms with E-state index in [1.807, 2.05) is 0 Å². The first-order valence-corrected chi connectivity index (χ1v) is 8.96. The van der Waals surface area contributed by atoms with Crippen LogP contribution in [0.25, 0.3) is 11.3 Å². The molecule has 0 saturated heterocycles. The van der Waals surface area contributed by atoms with Gasteiger partial charge in [0.25, 0.3) is 0 Å². The molecule has 0 aliphatic heterocycles. The molecule has 24 heavy (non-hydrogen) atoms. The molecule has 1 atom stereocenters. The molecule has 0 radical (unpaired) electrons. The smallest absolute Gasteiger partial charge is 0.308 e. The quantitative estimate of drug-likeness (QED) is 0.356. The van der Waals surface area contributed by atoms with Crippen LogP contribution in [0.2, 0.25) is 0 Å². The molecule has 0 saturated carbocycles. The Bertz CT molecular complexity index is 782. The predicted octanol–water partition coefficient (Wildman–Crippen LogP) is 1.91. The van der Waals surface area contributed by atoms with Crippen LogP contribution in [0.4, 0.5) is 0 Å². The highest BCUT2D eigenvalue weighted by Crippen LogP contribution is 2.47. The van der Waals surface area contributed by atoms with Crippen molar-refractivity contribution in [3.05, 3.63) is 30.3 Å². The Kier molecular flexibility index (Phi) is 6.35. The molecule has 2 rings (SSSR count). The summed E-state index contributed by atoms with van der Waals surface area (Å²) in [4.78, 5) is 14.7. The number of nitrogens with zero attached hydrogens (tertiary/aromatic N) is 1. The van der Waals surface area contributed by atoms with Crippen LogP contribution >= 0.6 is 15.9 Å². The highest BCUT2D eigenvalue weighted by atomic mass is 79.9. The van der Waals surface area contributed by atoms with Crippen LogP contribution in [0.3, 0.4) is 0 Å². The number of aromatic nitrogens is 1. The number of hydrogen-bond acceptors (Lipinski definition) is 7. The number of furan rings is 1. The summed E-state index contributed by atoms with van der Waals surface area (Å²) < 4.78 is 34.1. The number of thiol groups is 1. The molecule has 2 heterocycles. The van der Waals surface area contributed by atoms with Gasteiger partial charge in [-0.25, -0.2) is 13.1 Å². The normalized spacial score (nSPS) is 12.3. The number of carbonyl (C=O) groups is 1. The van der Waals surface area contributed by atoms with Crippen LogP contribution in [-0.2, 0) is 15.7 Å². The summed E-state index contributed by atoms with van der Waals surface area (Å²) in [5.74, 6) is -0.691. The van der Waals surface area contributed by atoms with E-state index in [-0.39, 0.29) is 29.6 Å². The fourth-order valence-electron chi connectivity index (χ4n) is 1.99. The van der Waals surface area contributed by atoms with E-state index in [9.17, 15) is 18.3 Å². The lowest BCUT2D eigenvalue weighted by Crippen LogP contribution is -2.14. The molecule has 0 amide bonds. The minimum atomic E-state index is -2.70. The van der Waals surface area contributed by atoms with E-state index < -0.39 is 21.7 Å². The molecule has 2 aromatic heterocycles. The fraction of sp³-hybridized carbons (Fsp3) is 0.286. The highest BCUT2D eigenvalue weighted by molar-refractivity contribution is 9.09. The van der Waals surface area contributed by atoms with Crippen molar-refractivity contribution in [1.29, 1.82) is 0 Å². The summed E-state index contributed by atoms with van der Waals surface area (Å²) in [6, 6.07) is 3.26. The SMILES string of the molecule is CC(=O)Oc1c(C(Br)CCN[SH](=O)=O)oc(-c2ccncc2)c1O. The maximum atomic E-state index is 11.3. The van der Waals surface area contributed by atoms with Crippen LogP contribution in [0.1, 0.15) is 23.9 Å². The lowest BCUT2D eigenvalue weighted by atomic mass is 10.2. The largest absolute Gasteiger partial charge is 0.502 e. The molecule has 2 aromatic rings. The number of esters is 1. The van der Waals surface area contributed by atoms with Gasteiger partial charge in [0.2, 0.25) is 22.4 Å². The standard InChI is InChI=1S/C14H15BrN2O6S/c1-8(18)22-14-11(19)12(9-2-5-16-6-3-9)23-13(14)10(15)4-7-17-24(20)21/h2-3,5-6,10,19,24H,4,7H2,1H3,(H,17,20,21). The topological polar surface area (TPSA) is 119 Å². The molecule has 130 valence electrons. The van der Waals surface area contributed by atoms with Gasteiger partial charge in [-0.1, -0.05) is 15.9 Å². The molecule has 10 heteroatoms. The Balaban J connectivity index is 2.36. The second-order valence-electron chi connectivity index (χ2n) is 4.72. The Morgan fingerprint density at radius 1 is 1.46 bits per heavy atom. The summed E-state index contributed by atoms with van der Waals surface area (Å²) in [6.45, 7) is 1.36. The Morgan fingerprint density at radius 3 is 2.71 bits per heavy atom. The average Bonchev–Trinajstić information content (AvgIpc) is 2.84. The predicted molar refractivity (Wildman–Crippen MR) is 89.5 cm³/mol. The molecule has 0 aliphatic rings. The van der Waals surface area contributed by atoms with Gasteiger partial charge in [0.1, 0.15) is 0 Å². The van der Waals surface area contributed by atoms with E-state index in [0.29, 0.717) is 12.0 Å². The summed E-state index contributed by atoms with van der Waals surface area (Å²) in [5, 5.41) is 10.3. The van der Waals surface area contributed by atoms with Gasteiger partial charge in [0.05, 0.1) is 4.83 Å². The number of carbonyl (C=O) groups excluding carboxylic acids is 1. The van der Waals surface area contributed by atoms with Crippen molar-refractivity contribution >= 4 is 32.8 Å². The van der Waals surface area contributed by atoms with Crippen LogP contribution in [0.5, 0.6) is 11.5 Å². The van der Waals surface area contributed by atoms with Crippen LogP contribution in [0, 0.1) is 0 Å². The third kappa shape index (κ3) is 4.56. The number of nitrogens with one attached hydrogen (secondary N) is 1. The zero-order chi connectivity index (χ0) is 17.7. The van der Waals surface area contributed by atoms with E-state index in [4.69, 9.17) is 9.15 Å². The minimum Gasteiger partial charge on any atom is -0.502 e. The monoisotopic (exact) mass is 418 g/mol. The zero-order valence-electron chi connectivity index (χ0n) is 12.6. The Labute approximate surface area is 148 Å². The van der Waals surface area contributed by atoms with E-state index in [0.717, 1.165) is 0 Å². The first kappa shape index (κ1) is 18.4. The number of alkyl halides is 1. The first-order valence-electron chi connectivity index (χ1n) is 6.86. The molecule has 0 aromatic carbocycles. The van der Waals surface area contributed by atoms with Gasteiger partial charge in [-0.05, 0) is 18.6 Å². The van der Waals surface area contributed by atoms with E-state index in [1.165, 1.54) is 19.3 Å². The number of halogens is 1. The molecule has 2 N–H and O–H groups in total. The van der Waals surface area contributed by atoms with Crippen molar-refractivity contribution in [1.82, 2.24) is 9.71 Å². The van der Waals surface area contributed by atoms with Crippen molar-refractivity contribution in [3.8, 4) is 22.8 Å². The van der Waals surface area contributed by atoms with Crippen molar-refractivity contribution in [2.45, 2.75) is 18.2 Å². The molecular formula is C14H15BrN2O6S. The number of ether oxygens (including phenoxy) is 1. The van der Waals surface area contributed by atoms with E-state index in [2.05, 4.69) is 25.6 Å². The first-order chi connectivity index (χ1) is 11.4. The summed E-state index contributed by atoms with van der Waals surface area (Å²) in [5.41, 5.74) is 0.558. The molecule has 0 spiro atoms. The van der Waals surface area contributed by atoms with Crippen LogP contribution in [0.15, 0.2) is 28.9 Å². The van der Waals surface area contributed by atoms with Gasteiger partial charge < -0.3 is 14.3 Å². The van der Waals surface area contributed by atoms with Gasteiger partial charge in [-0.3, -0.25) is 9.78 Å². The lowest BCUT2D eigenvalue weighted by molar-refractivity contribution is -0.132. The van der Waals surface area contributed by atoms with Crippen LogP contribution in [-0.4, -0.2) is 31.0 Å². The van der Waals surface area contributed by atoms with Gasteiger partial charge >= 0.3 is 5.97 Å². The summed E-state index contributed by atoms with van der Waals surface area (Å²) in [7, 11) is -2.70. The van der Waals surface area contributed by atoms with Crippen molar-refractivity contribution in [3.63, 3.8) is 0 Å². The summed E-state index contributed by atoms with van der Waals surface area (Å²) in [6.07, 6.45) is 3.38. The number of rotatable bonds is 7. The lowest BCUT2D eigenvalue weighted by Gasteiger charge is -2.08. The molecule has 8 nitrogen and oxygen atoms in total. The third-order valence-corrected chi connectivity index (χ3v) is 4.33. The van der Waals surface area contributed by atoms with Crippen LogP contribution < -0.4 is 9.46 Å². The average molecular weight is 419 g/mol. The fourth-order valence-corrected chi connectivity index (χ4v) is 2.83. The van der Waals surface area contributed by atoms with Gasteiger partial charge in [0, 0.05) is 31.4 Å². The zero-order valence-corrected chi connectivity index (χ0v) is 15.0. The van der Waals surface area contributed by atoms with E-state index >= 15 is 0 Å². The number of aromatic hydroxyl groups is 1. The van der Waals surface area contributed by atoms with Gasteiger partial charge in [-0.2, -0.15) is 0 Å². The summed E-state index contributed by atoms with van der Waals surface area (Å²) >= 11 is 3.35. The second-order valence-corrected chi connectivity index (χ2v) is 6.66. The van der Waals surface area contributed by atoms with Crippen molar-refractivity contribution in [2.75, 3.05) is 6.54 Å². The van der Waals surface area contributed by atoms with Gasteiger partial charge in [-0.15, -0.1) is 0 Å². The highest BCUT2D eigenvalue weighted by Gasteiger charge is 2.28. The maximum absolute atomic E-state index is 11.3. The van der Waals surface area contributed by atoms with Crippen molar-refractivity contribution in [2.24, 2.45) is 0 Å². The Morgan fingerprint density at radius 2 is 2.12 bits per heavy atom. The molecule has 1 unspecified atom stereocenters. The van der Waals surface area contributed by atoms with Crippen molar-refractivity contribution < 1.29 is 27.5 Å². The molecular weight excluding hydrogens is 404 g/mol. The Hall–Kier alpha value is -1.91. The number of pyridine rings is 1. The molecule has 0 aliphatic carbocycles. The second kappa shape index (κ2) is 8.27. The van der Waals surface area contributed by atoms with Gasteiger partial charge in [0.15, 0.2) is 11.5 Å². The van der Waals surface area contributed by atoms with E-state index in [1.54, 1.807) is 12.1 Å². The molecule has 0 fully saturated rings. The molecule has 0 bridgehead atoms. The third-order valence-electron chi connectivity index (χ3n) is 2.98.